The molecule has 11 aromatic rings. The molecule has 0 spiro atoms. The molecule has 0 amide bonds. The monoisotopic (exact) mass is 940 g/mol. The highest BCUT2D eigenvalue weighted by atomic mass is 16.5. The SMILES string of the molecule is C=Cc1ccc(Oc2ccc(C3(c4ccc(C)cc4)c4ccccc4-c4ccc(N(c5ccc(-c6ccc7c(c6)c6ccccc6n7-c6ccc(C=C)cc6)cc5)c5ccc(C(C)(C)C)cc5)cc43)cc2)cc1. The van der Waals surface area contributed by atoms with Gasteiger partial charge in [0.05, 0.1) is 16.4 Å². The molecule has 0 aliphatic heterocycles. The van der Waals surface area contributed by atoms with Crippen molar-refractivity contribution in [2.75, 3.05) is 4.90 Å². The van der Waals surface area contributed by atoms with Gasteiger partial charge in [-0.2, -0.15) is 0 Å². The lowest BCUT2D eigenvalue weighted by Crippen LogP contribution is -2.28. The van der Waals surface area contributed by atoms with Gasteiger partial charge in [0.15, 0.2) is 0 Å². The third-order valence-corrected chi connectivity index (χ3v) is 14.9. The molecule has 12 rings (SSSR count). The third-order valence-electron chi connectivity index (χ3n) is 14.9. The summed E-state index contributed by atoms with van der Waals surface area (Å²) in [6.07, 6.45) is 3.73. The van der Waals surface area contributed by atoms with Crippen molar-refractivity contribution in [1.82, 2.24) is 4.57 Å². The fourth-order valence-electron chi connectivity index (χ4n) is 11.1. The zero-order valence-corrected chi connectivity index (χ0v) is 41.8. The predicted octanol–water partition coefficient (Wildman–Crippen LogP) is 19.0. The fraction of sp³-hybridized carbons (Fsp3) is 0.0857. The van der Waals surface area contributed by atoms with Crippen LogP contribution in [0.4, 0.5) is 17.1 Å². The molecule has 1 atom stereocenters. The summed E-state index contributed by atoms with van der Waals surface area (Å²) in [6, 6.07) is 84.4. The Morgan fingerprint density at radius 1 is 0.466 bits per heavy atom. The van der Waals surface area contributed by atoms with E-state index in [4.69, 9.17) is 4.74 Å². The zero-order chi connectivity index (χ0) is 49.8. The van der Waals surface area contributed by atoms with Gasteiger partial charge in [0, 0.05) is 33.5 Å². The van der Waals surface area contributed by atoms with Crippen LogP contribution in [0.25, 0.3) is 61.9 Å². The molecule has 1 aliphatic rings. The van der Waals surface area contributed by atoms with Crippen LogP contribution in [0.1, 0.15) is 65.3 Å². The minimum Gasteiger partial charge on any atom is -0.457 e. The van der Waals surface area contributed by atoms with Crippen molar-refractivity contribution in [3.05, 3.63) is 288 Å². The van der Waals surface area contributed by atoms with Crippen LogP contribution in [0, 0.1) is 6.92 Å². The van der Waals surface area contributed by atoms with E-state index in [9.17, 15) is 0 Å². The largest absolute Gasteiger partial charge is 0.457 e. The first-order chi connectivity index (χ1) is 35.6. The molecule has 1 unspecified atom stereocenters. The molecular formula is C70H56N2O. The van der Waals surface area contributed by atoms with Crippen LogP contribution >= 0.6 is 0 Å². The van der Waals surface area contributed by atoms with Crippen molar-refractivity contribution in [2.45, 2.75) is 38.5 Å². The van der Waals surface area contributed by atoms with Crippen LogP contribution in [0.5, 0.6) is 11.5 Å². The minimum absolute atomic E-state index is 0.0122. The quantitative estimate of drug-likeness (QED) is 0.129. The average Bonchev–Trinajstić information content (AvgIpc) is 3.92. The normalized spacial score (nSPS) is 13.9. The highest BCUT2D eigenvalue weighted by molar-refractivity contribution is 6.10. The number of aryl methyl sites for hydroxylation is 1. The number of nitrogens with zero attached hydrogens (tertiary/aromatic N) is 2. The molecule has 1 aliphatic carbocycles. The van der Waals surface area contributed by atoms with Gasteiger partial charge in [0.2, 0.25) is 0 Å². The summed E-state index contributed by atoms with van der Waals surface area (Å²) >= 11 is 0. The van der Waals surface area contributed by atoms with Gasteiger partial charge >= 0.3 is 0 Å². The fourth-order valence-corrected chi connectivity index (χ4v) is 11.1. The lowest BCUT2D eigenvalue weighted by molar-refractivity contribution is 0.482. The van der Waals surface area contributed by atoms with Crippen molar-refractivity contribution in [3.63, 3.8) is 0 Å². The summed E-state index contributed by atoms with van der Waals surface area (Å²) in [5, 5.41) is 2.45. The number of rotatable bonds is 11. The maximum atomic E-state index is 6.42. The maximum Gasteiger partial charge on any atom is 0.127 e. The van der Waals surface area contributed by atoms with Gasteiger partial charge in [0.1, 0.15) is 11.5 Å². The molecule has 0 N–H and O–H groups in total. The van der Waals surface area contributed by atoms with Gasteiger partial charge in [-0.25, -0.2) is 0 Å². The second kappa shape index (κ2) is 18.0. The Labute approximate surface area is 429 Å². The van der Waals surface area contributed by atoms with Crippen molar-refractivity contribution in [2.24, 2.45) is 0 Å². The summed E-state index contributed by atoms with van der Waals surface area (Å²) < 4.78 is 8.78. The Kier molecular flexibility index (Phi) is 11.2. The first kappa shape index (κ1) is 45.2. The molecule has 73 heavy (non-hydrogen) atoms. The van der Waals surface area contributed by atoms with Crippen molar-refractivity contribution in [3.8, 4) is 39.4 Å². The standard InChI is InChI=1S/C70H56N2O/c1-7-48-19-32-57(33-20-48)72-67-16-12-10-14-63(67)64-45-51(25-44-68(64)72)50-23-34-55(35-24-50)71(56-36-28-52(29-37-56)69(4,5)6)58-38-43-62-61-13-9-11-15-65(61)70(66(62)46-58,53-26-17-47(3)18-27-53)54-30-41-60(42-31-54)73-59-39-21-49(8-2)22-40-59/h7-46H,1-2H2,3-6H3. The number of hydrogen-bond donors (Lipinski definition) is 0. The van der Waals surface area contributed by atoms with E-state index in [0.717, 1.165) is 50.9 Å². The molecule has 0 bridgehead atoms. The highest BCUT2D eigenvalue weighted by Crippen LogP contribution is 2.57. The van der Waals surface area contributed by atoms with Gasteiger partial charge in [-0.05, 0) is 165 Å². The molecule has 0 saturated heterocycles. The molecule has 10 aromatic carbocycles. The molecule has 3 heteroatoms. The molecular weight excluding hydrogens is 885 g/mol. The molecule has 0 radical (unpaired) electrons. The van der Waals surface area contributed by atoms with E-state index < -0.39 is 5.41 Å². The summed E-state index contributed by atoms with van der Waals surface area (Å²) in [7, 11) is 0. The topological polar surface area (TPSA) is 17.4 Å². The van der Waals surface area contributed by atoms with E-state index in [1.165, 1.54) is 71.9 Å². The van der Waals surface area contributed by atoms with Crippen LogP contribution in [0.15, 0.2) is 244 Å². The van der Waals surface area contributed by atoms with E-state index >= 15 is 0 Å². The van der Waals surface area contributed by atoms with Gasteiger partial charge in [-0.15, -0.1) is 0 Å². The Morgan fingerprint density at radius 2 is 1.00 bits per heavy atom. The number of hydrogen-bond acceptors (Lipinski definition) is 2. The van der Waals surface area contributed by atoms with Crippen LogP contribution in [-0.4, -0.2) is 4.57 Å². The van der Waals surface area contributed by atoms with E-state index in [1.54, 1.807) is 0 Å². The second-order valence-electron chi connectivity index (χ2n) is 20.4. The van der Waals surface area contributed by atoms with E-state index in [0.29, 0.717) is 0 Å². The van der Waals surface area contributed by atoms with Gasteiger partial charge in [-0.1, -0.05) is 191 Å². The van der Waals surface area contributed by atoms with Gasteiger partial charge in [0.25, 0.3) is 0 Å². The summed E-state index contributed by atoms with van der Waals surface area (Å²) in [5.41, 5.74) is 20.5. The highest BCUT2D eigenvalue weighted by Gasteiger charge is 2.46. The molecule has 3 nitrogen and oxygen atoms in total. The molecule has 0 saturated carbocycles. The van der Waals surface area contributed by atoms with Crippen molar-refractivity contribution >= 4 is 51.0 Å². The molecule has 352 valence electrons. The lowest BCUT2D eigenvalue weighted by atomic mass is 9.67. The van der Waals surface area contributed by atoms with Crippen LogP contribution in [0.3, 0.4) is 0 Å². The Balaban J connectivity index is 0.987. The maximum absolute atomic E-state index is 6.42. The van der Waals surface area contributed by atoms with Gasteiger partial charge in [-0.3, -0.25) is 0 Å². The first-order valence-electron chi connectivity index (χ1n) is 25.2. The van der Waals surface area contributed by atoms with E-state index in [1.807, 2.05) is 36.4 Å². The third kappa shape index (κ3) is 7.86. The Morgan fingerprint density at radius 3 is 1.66 bits per heavy atom. The van der Waals surface area contributed by atoms with Gasteiger partial charge < -0.3 is 14.2 Å². The molecule has 1 aromatic heterocycles. The smallest absolute Gasteiger partial charge is 0.127 e. The van der Waals surface area contributed by atoms with Crippen LogP contribution < -0.4 is 9.64 Å². The molecule has 0 fully saturated rings. The zero-order valence-electron chi connectivity index (χ0n) is 41.8. The van der Waals surface area contributed by atoms with E-state index in [2.05, 4.69) is 257 Å². The number of anilines is 3. The number of aromatic nitrogens is 1. The minimum atomic E-state index is -0.623. The predicted molar refractivity (Wildman–Crippen MR) is 308 cm³/mol. The average molecular weight is 941 g/mol. The van der Waals surface area contributed by atoms with E-state index in [-0.39, 0.29) is 5.41 Å². The summed E-state index contributed by atoms with van der Waals surface area (Å²) in [4.78, 5) is 2.42. The number of benzene rings is 10. The first-order valence-corrected chi connectivity index (χ1v) is 25.2. The second-order valence-corrected chi connectivity index (χ2v) is 20.4. The number of fused-ring (bicyclic) bond motifs is 6. The van der Waals surface area contributed by atoms with Crippen LogP contribution in [0.2, 0.25) is 0 Å². The molecule has 1 heterocycles. The Bertz CT molecular complexity index is 3850. The number of para-hydroxylation sites is 1. The summed E-state index contributed by atoms with van der Waals surface area (Å²) in [6.45, 7) is 16.9. The van der Waals surface area contributed by atoms with Crippen molar-refractivity contribution in [1.29, 1.82) is 0 Å². The number of ether oxygens (including phenoxy) is 1. The lowest BCUT2D eigenvalue weighted by Gasteiger charge is -2.35. The van der Waals surface area contributed by atoms with Crippen LogP contribution in [-0.2, 0) is 10.8 Å². The summed E-state index contributed by atoms with van der Waals surface area (Å²) in [5.74, 6) is 1.57. The van der Waals surface area contributed by atoms with Crippen molar-refractivity contribution < 1.29 is 4.74 Å². The Hall–Kier alpha value is -8.92.